The van der Waals surface area contributed by atoms with Gasteiger partial charge in [-0.1, -0.05) is 23.7 Å². The van der Waals surface area contributed by atoms with E-state index < -0.39 is 0 Å². The number of benzene rings is 1. The van der Waals surface area contributed by atoms with E-state index in [9.17, 15) is 9.59 Å². The molecule has 6 heteroatoms. The maximum Gasteiger partial charge on any atom is 0.227 e. The average molecular weight is 350 g/mol. The lowest BCUT2D eigenvalue weighted by molar-refractivity contribution is -0.126. The van der Waals surface area contributed by atoms with Crippen LogP contribution in [0.25, 0.3) is 0 Å². The monoisotopic (exact) mass is 349 g/mol. The van der Waals surface area contributed by atoms with Crippen molar-refractivity contribution in [2.24, 2.45) is 11.8 Å². The molecule has 0 saturated carbocycles. The first-order valence-corrected chi connectivity index (χ1v) is 9.06. The van der Waals surface area contributed by atoms with E-state index in [1.54, 1.807) is 11.0 Å². The van der Waals surface area contributed by atoms with E-state index >= 15 is 0 Å². The van der Waals surface area contributed by atoms with Gasteiger partial charge in [-0.2, -0.15) is 0 Å². The maximum absolute atomic E-state index is 12.4. The van der Waals surface area contributed by atoms with Gasteiger partial charge in [-0.05, 0) is 50.4 Å². The molecule has 24 heavy (non-hydrogen) atoms. The average Bonchev–Trinajstić information content (AvgIpc) is 2.98. The van der Waals surface area contributed by atoms with Gasteiger partial charge in [0.2, 0.25) is 11.8 Å². The number of rotatable bonds is 5. The molecule has 0 radical (unpaired) electrons. The Morgan fingerprint density at radius 2 is 2.21 bits per heavy atom. The summed E-state index contributed by atoms with van der Waals surface area (Å²) >= 11 is 6.17. The Labute approximate surface area is 147 Å². The van der Waals surface area contributed by atoms with E-state index in [0.717, 1.165) is 19.5 Å². The lowest BCUT2D eigenvalue weighted by atomic mass is 9.96. The molecule has 2 fully saturated rings. The lowest BCUT2D eigenvalue weighted by Crippen LogP contribution is -2.36. The Bertz CT molecular complexity index is 602. The van der Waals surface area contributed by atoms with Crippen LogP contribution in [0.5, 0.6) is 0 Å². The summed E-state index contributed by atoms with van der Waals surface area (Å²) in [7, 11) is 0. The maximum atomic E-state index is 12.4. The molecular weight excluding hydrogens is 326 g/mol. The van der Waals surface area contributed by atoms with Crippen molar-refractivity contribution in [3.8, 4) is 0 Å². The molecule has 2 N–H and O–H groups in total. The molecule has 2 heterocycles. The third kappa shape index (κ3) is 4.08. The van der Waals surface area contributed by atoms with Crippen molar-refractivity contribution in [3.63, 3.8) is 0 Å². The minimum Gasteiger partial charge on any atom is -0.356 e. The van der Waals surface area contributed by atoms with Crippen molar-refractivity contribution in [1.82, 2.24) is 10.6 Å². The molecule has 0 spiro atoms. The zero-order valence-corrected chi connectivity index (χ0v) is 14.5. The Kier molecular flexibility index (Phi) is 5.74. The summed E-state index contributed by atoms with van der Waals surface area (Å²) in [5, 5.41) is 6.93. The highest BCUT2D eigenvalue weighted by Gasteiger charge is 2.35. The summed E-state index contributed by atoms with van der Waals surface area (Å²) in [5.41, 5.74) is 0.688. The molecule has 2 atom stereocenters. The van der Waals surface area contributed by atoms with Crippen molar-refractivity contribution in [2.45, 2.75) is 25.7 Å². The van der Waals surface area contributed by atoms with Crippen LogP contribution in [0.15, 0.2) is 24.3 Å². The van der Waals surface area contributed by atoms with Gasteiger partial charge in [0.25, 0.3) is 0 Å². The van der Waals surface area contributed by atoms with E-state index in [4.69, 9.17) is 11.6 Å². The summed E-state index contributed by atoms with van der Waals surface area (Å²) < 4.78 is 0. The number of nitrogens with one attached hydrogen (secondary N) is 2. The highest BCUT2D eigenvalue weighted by atomic mass is 35.5. The predicted molar refractivity (Wildman–Crippen MR) is 95.1 cm³/mol. The van der Waals surface area contributed by atoms with Crippen molar-refractivity contribution in [1.29, 1.82) is 0 Å². The van der Waals surface area contributed by atoms with Crippen molar-refractivity contribution in [3.05, 3.63) is 29.3 Å². The molecule has 2 aliphatic heterocycles. The second kappa shape index (κ2) is 7.99. The Morgan fingerprint density at radius 1 is 1.38 bits per heavy atom. The van der Waals surface area contributed by atoms with Crippen molar-refractivity contribution >= 4 is 29.1 Å². The molecule has 5 nitrogen and oxygen atoms in total. The minimum absolute atomic E-state index is 0.0262. The van der Waals surface area contributed by atoms with Gasteiger partial charge >= 0.3 is 0 Å². The summed E-state index contributed by atoms with van der Waals surface area (Å²) in [6, 6.07) is 7.25. The van der Waals surface area contributed by atoms with Crippen LogP contribution in [0.4, 0.5) is 5.69 Å². The fourth-order valence-electron chi connectivity index (χ4n) is 3.50. The van der Waals surface area contributed by atoms with Crippen LogP contribution in [0.3, 0.4) is 0 Å². The topological polar surface area (TPSA) is 61.4 Å². The lowest BCUT2D eigenvalue weighted by Gasteiger charge is -2.23. The first kappa shape index (κ1) is 17.2. The van der Waals surface area contributed by atoms with E-state index in [0.29, 0.717) is 29.7 Å². The number of carbonyl (C=O) groups is 2. The predicted octanol–water partition coefficient (Wildman–Crippen LogP) is 2.20. The van der Waals surface area contributed by atoms with E-state index in [1.165, 1.54) is 12.8 Å². The molecule has 2 amide bonds. The molecule has 0 aromatic heterocycles. The molecule has 130 valence electrons. The second-order valence-electron chi connectivity index (χ2n) is 6.65. The largest absolute Gasteiger partial charge is 0.356 e. The van der Waals surface area contributed by atoms with Crippen LogP contribution in [0.1, 0.15) is 25.7 Å². The van der Waals surface area contributed by atoms with Gasteiger partial charge in [0.1, 0.15) is 0 Å². The molecule has 0 aliphatic carbocycles. The van der Waals surface area contributed by atoms with Gasteiger partial charge < -0.3 is 15.5 Å². The van der Waals surface area contributed by atoms with Crippen LogP contribution >= 0.6 is 11.6 Å². The van der Waals surface area contributed by atoms with Crippen molar-refractivity contribution in [2.75, 3.05) is 31.1 Å². The fourth-order valence-corrected chi connectivity index (χ4v) is 3.74. The third-order valence-electron chi connectivity index (χ3n) is 4.89. The highest BCUT2D eigenvalue weighted by Crippen LogP contribution is 2.31. The molecular formula is C18H24ClN3O2. The summed E-state index contributed by atoms with van der Waals surface area (Å²) in [4.78, 5) is 26.2. The molecule has 0 bridgehead atoms. The quantitative estimate of drug-likeness (QED) is 0.856. The molecule has 3 rings (SSSR count). The highest BCUT2D eigenvalue weighted by molar-refractivity contribution is 6.33. The van der Waals surface area contributed by atoms with Crippen LogP contribution in [-0.4, -0.2) is 38.0 Å². The Morgan fingerprint density at radius 3 is 2.96 bits per heavy atom. The normalized spacial score (nSPS) is 24.2. The van der Waals surface area contributed by atoms with Gasteiger partial charge in [0, 0.05) is 19.5 Å². The van der Waals surface area contributed by atoms with Crippen LogP contribution in [0, 0.1) is 11.8 Å². The Hall–Kier alpha value is -1.59. The van der Waals surface area contributed by atoms with Gasteiger partial charge in [-0.25, -0.2) is 0 Å². The summed E-state index contributed by atoms with van der Waals surface area (Å²) in [6.07, 6.45) is 3.68. The van der Waals surface area contributed by atoms with Crippen LogP contribution < -0.4 is 15.5 Å². The molecule has 2 unspecified atom stereocenters. The van der Waals surface area contributed by atoms with Gasteiger partial charge in [0.15, 0.2) is 0 Å². The van der Waals surface area contributed by atoms with Crippen LogP contribution in [0.2, 0.25) is 5.02 Å². The third-order valence-corrected chi connectivity index (χ3v) is 5.21. The summed E-state index contributed by atoms with van der Waals surface area (Å²) in [6.45, 7) is 3.23. The van der Waals surface area contributed by atoms with Crippen LogP contribution in [-0.2, 0) is 9.59 Å². The number of para-hydroxylation sites is 1. The number of halogens is 1. The molecule has 1 aromatic carbocycles. The van der Waals surface area contributed by atoms with E-state index in [2.05, 4.69) is 10.6 Å². The minimum atomic E-state index is -0.293. The number of piperidine rings is 1. The standard InChI is InChI=1S/C18H24ClN3O2/c19-15-5-1-2-6-16(15)22-12-14(10-17(22)23)18(24)21-9-7-13-4-3-8-20-11-13/h1-2,5-6,13-14,20H,3-4,7-12H2,(H,21,24). The molecule has 1 aromatic rings. The fraction of sp³-hybridized carbons (Fsp3) is 0.556. The molecule has 2 saturated heterocycles. The van der Waals surface area contributed by atoms with Gasteiger partial charge in [-0.3, -0.25) is 9.59 Å². The summed E-state index contributed by atoms with van der Waals surface area (Å²) in [5.74, 6) is 0.281. The molecule has 2 aliphatic rings. The zero-order chi connectivity index (χ0) is 16.9. The van der Waals surface area contributed by atoms with Crippen molar-refractivity contribution < 1.29 is 9.59 Å². The second-order valence-corrected chi connectivity index (χ2v) is 7.06. The first-order chi connectivity index (χ1) is 11.6. The van der Waals surface area contributed by atoms with E-state index in [-0.39, 0.29) is 24.2 Å². The number of anilines is 1. The van der Waals surface area contributed by atoms with Gasteiger partial charge in [0.05, 0.1) is 16.6 Å². The zero-order valence-electron chi connectivity index (χ0n) is 13.8. The number of carbonyl (C=O) groups excluding carboxylic acids is 2. The number of hydrogen-bond acceptors (Lipinski definition) is 3. The first-order valence-electron chi connectivity index (χ1n) is 8.68. The number of hydrogen-bond donors (Lipinski definition) is 2. The van der Waals surface area contributed by atoms with E-state index in [1.807, 2.05) is 18.2 Å². The number of nitrogens with zero attached hydrogens (tertiary/aromatic N) is 1. The number of amides is 2. The SMILES string of the molecule is O=C(NCCC1CCCNC1)C1CC(=O)N(c2ccccc2Cl)C1. The smallest absolute Gasteiger partial charge is 0.227 e. The Balaban J connectivity index is 1.49. The van der Waals surface area contributed by atoms with Gasteiger partial charge in [-0.15, -0.1) is 0 Å².